The van der Waals surface area contributed by atoms with Crippen LogP contribution in [0.4, 0.5) is 5.82 Å². The zero-order valence-corrected chi connectivity index (χ0v) is 22.5. The lowest BCUT2D eigenvalue weighted by Gasteiger charge is -2.16. The number of hydrogen-bond acceptors (Lipinski definition) is 9. The van der Waals surface area contributed by atoms with E-state index in [1.807, 2.05) is 25.0 Å². The lowest BCUT2D eigenvalue weighted by atomic mass is 10.2. The lowest BCUT2D eigenvalue weighted by molar-refractivity contribution is 0.373. The third-order valence-electron chi connectivity index (χ3n) is 5.60. The van der Waals surface area contributed by atoms with Crippen LogP contribution in [0.1, 0.15) is 5.56 Å². The standard InChI is InChI=1S/C24H26Cl2N8O3/c1-13-8-15(31-34(24(13)35)22-19(25)17(36-4)9-18(37-5)20(22)26)21-23(27)28-11-16(30-21)14-10-29-33(12-14)7-6-32(2)3/h8-12H,6-7H2,1-5H3,(H2,27,28). The topological polar surface area (TPSA) is 126 Å². The Balaban J connectivity index is 1.84. The van der Waals surface area contributed by atoms with E-state index in [1.54, 1.807) is 25.4 Å². The average molecular weight is 545 g/mol. The summed E-state index contributed by atoms with van der Waals surface area (Å²) in [4.78, 5) is 24.2. The van der Waals surface area contributed by atoms with E-state index in [2.05, 4.69) is 20.1 Å². The Morgan fingerprint density at radius 1 is 1.05 bits per heavy atom. The van der Waals surface area contributed by atoms with Crippen LogP contribution < -0.4 is 20.8 Å². The molecule has 0 radical (unpaired) electrons. The molecule has 37 heavy (non-hydrogen) atoms. The molecular weight excluding hydrogens is 519 g/mol. The second-order valence-electron chi connectivity index (χ2n) is 8.47. The largest absolute Gasteiger partial charge is 0.495 e. The molecule has 13 heteroatoms. The second-order valence-corrected chi connectivity index (χ2v) is 9.23. The molecule has 0 unspecified atom stereocenters. The number of anilines is 1. The van der Waals surface area contributed by atoms with Crippen molar-refractivity contribution in [3.63, 3.8) is 0 Å². The summed E-state index contributed by atoms with van der Waals surface area (Å²) in [5.41, 5.74) is 8.14. The second kappa shape index (κ2) is 10.8. The van der Waals surface area contributed by atoms with Gasteiger partial charge in [0.25, 0.3) is 5.56 Å². The van der Waals surface area contributed by atoms with Gasteiger partial charge in [-0.05, 0) is 27.1 Å². The first-order valence-corrected chi connectivity index (χ1v) is 11.9. The Labute approximate surface area is 223 Å². The van der Waals surface area contributed by atoms with Gasteiger partial charge in [-0.25, -0.2) is 9.97 Å². The minimum absolute atomic E-state index is 0.0948. The Morgan fingerprint density at radius 2 is 1.73 bits per heavy atom. The summed E-state index contributed by atoms with van der Waals surface area (Å²) < 4.78 is 13.6. The maximum absolute atomic E-state index is 13.2. The molecule has 2 N–H and O–H groups in total. The van der Waals surface area contributed by atoms with Crippen molar-refractivity contribution in [1.29, 1.82) is 0 Å². The SMILES string of the molecule is COc1cc(OC)c(Cl)c(-n2nc(-c3nc(-c4cnn(CCN(C)C)c4)cnc3N)cc(C)c2=O)c1Cl. The van der Waals surface area contributed by atoms with Gasteiger partial charge < -0.3 is 20.1 Å². The van der Waals surface area contributed by atoms with Crippen molar-refractivity contribution in [2.75, 3.05) is 40.6 Å². The van der Waals surface area contributed by atoms with Crippen LogP contribution in [0, 0.1) is 6.92 Å². The van der Waals surface area contributed by atoms with Crippen LogP contribution in [0.25, 0.3) is 28.3 Å². The van der Waals surface area contributed by atoms with Crippen LogP contribution in [-0.4, -0.2) is 69.3 Å². The summed E-state index contributed by atoms with van der Waals surface area (Å²) in [5.74, 6) is 0.672. The van der Waals surface area contributed by atoms with Gasteiger partial charge >= 0.3 is 0 Å². The first-order valence-electron chi connectivity index (χ1n) is 11.2. The monoisotopic (exact) mass is 544 g/mol. The van der Waals surface area contributed by atoms with Gasteiger partial charge in [-0.3, -0.25) is 9.48 Å². The lowest BCUT2D eigenvalue weighted by Crippen LogP contribution is -2.25. The molecular formula is C24H26Cl2N8O3. The van der Waals surface area contributed by atoms with E-state index in [9.17, 15) is 4.79 Å². The highest BCUT2D eigenvalue weighted by molar-refractivity contribution is 6.39. The van der Waals surface area contributed by atoms with Crippen LogP contribution in [0.3, 0.4) is 0 Å². The summed E-state index contributed by atoms with van der Waals surface area (Å²) in [7, 11) is 6.89. The van der Waals surface area contributed by atoms with E-state index in [1.165, 1.54) is 20.3 Å². The van der Waals surface area contributed by atoms with E-state index in [-0.39, 0.29) is 38.7 Å². The zero-order chi connectivity index (χ0) is 26.9. The number of methoxy groups -OCH3 is 2. The summed E-state index contributed by atoms with van der Waals surface area (Å²) in [6.45, 7) is 3.20. The smallest absolute Gasteiger partial charge is 0.274 e. The highest BCUT2D eigenvalue weighted by atomic mass is 35.5. The molecule has 0 saturated heterocycles. The summed E-state index contributed by atoms with van der Waals surface area (Å²) in [6.07, 6.45) is 5.16. The maximum atomic E-state index is 13.2. The van der Waals surface area contributed by atoms with Gasteiger partial charge in [0, 0.05) is 29.9 Å². The van der Waals surface area contributed by atoms with Crippen molar-refractivity contribution in [2.24, 2.45) is 0 Å². The van der Waals surface area contributed by atoms with Crippen LogP contribution in [0.15, 0.2) is 35.5 Å². The number of nitrogen functional groups attached to an aromatic ring is 1. The van der Waals surface area contributed by atoms with Crippen molar-refractivity contribution in [3.8, 4) is 39.8 Å². The zero-order valence-electron chi connectivity index (χ0n) is 21.0. The van der Waals surface area contributed by atoms with E-state index in [4.69, 9.17) is 43.4 Å². The van der Waals surface area contributed by atoms with E-state index in [0.29, 0.717) is 17.0 Å². The number of nitrogens with zero attached hydrogens (tertiary/aromatic N) is 7. The predicted molar refractivity (Wildman–Crippen MR) is 143 cm³/mol. The van der Waals surface area contributed by atoms with Gasteiger partial charge in [-0.2, -0.15) is 14.9 Å². The third kappa shape index (κ3) is 5.24. The van der Waals surface area contributed by atoms with Crippen LogP contribution in [0.5, 0.6) is 11.5 Å². The number of rotatable bonds is 8. The number of likely N-dealkylation sites (N-methyl/N-ethyl adjacent to an activating group) is 1. The molecule has 0 atom stereocenters. The predicted octanol–water partition coefficient (Wildman–Crippen LogP) is 3.33. The Hall–Kier alpha value is -3.67. The molecule has 1 aromatic carbocycles. The van der Waals surface area contributed by atoms with E-state index in [0.717, 1.165) is 23.3 Å². The average Bonchev–Trinajstić information content (AvgIpc) is 3.35. The number of halogens is 2. The van der Waals surface area contributed by atoms with Gasteiger partial charge in [0.2, 0.25) is 0 Å². The van der Waals surface area contributed by atoms with Crippen molar-refractivity contribution in [1.82, 2.24) is 34.4 Å². The molecule has 0 saturated carbocycles. The molecule has 3 aromatic heterocycles. The van der Waals surface area contributed by atoms with E-state index < -0.39 is 5.56 Å². The van der Waals surface area contributed by atoms with Crippen molar-refractivity contribution < 1.29 is 9.47 Å². The highest BCUT2D eigenvalue weighted by Crippen LogP contribution is 2.42. The van der Waals surface area contributed by atoms with Crippen molar-refractivity contribution in [3.05, 3.63) is 56.7 Å². The van der Waals surface area contributed by atoms with Crippen LogP contribution >= 0.6 is 23.2 Å². The van der Waals surface area contributed by atoms with Gasteiger partial charge in [0.15, 0.2) is 5.82 Å². The fraction of sp³-hybridized carbons (Fsp3) is 0.292. The Bertz CT molecular complexity index is 1490. The summed E-state index contributed by atoms with van der Waals surface area (Å²) >= 11 is 13.1. The quantitative estimate of drug-likeness (QED) is 0.355. The number of nitrogens with two attached hydrogens (primary N) is 1. The third-order valence-corrected chi connectivity index (χ3v) is 6.33. The molecule has 0 aliphatic carbocycles. The fourth-order valence-corrected chi connectivity index (χ4v) is 4.25. The Kier molecular flexibility index (Phi) is 7.67. The Morgan fingerprint density at radius 3 is 2.35 bits per heavy atom. The molecule has 0 aliphatic rings. The number of aryl methyl sites for hydroxylation is 1. The minimum Gasteiger partial charge on any atom is -0.495 e. The van der Waals surface area contributed by atoms with Gasteiger partial charge in [0.05, 0.1) is 38.9 Å². The van der Waals surface area contributed by atoms with Crippen LogP contribution in [0.2, 0.25) is 10.0 Å². The molecule has 194 valence electrons. The summed E-state index contributed by atoms with van der Waals surface area (Å²) in [6, 6.07) is 3.12. The number of benzene rings is 1. The van der Waals surface area contributed by atoms with Crippen LogP contribution in [-0.2, 0) is 6.54 Å². The molecule has 11 nitrogen and oxygen atoms in total. The van der Waals surface area contributed by atoms with Gasteiger partial charge in [-0.15, -0.1) is 0 Å². The highest BCUT2D eigenvalue weighted by Gasteiger charge is 2.23. The molecule has 0 bridgehead atoms. The van der Waals surface area contributed by atoms with Crippen molar-refractivity contribution in [2.45, 2.75) is 13.5 Å². The molecule has 0 spiro atoms. The number of ether oxygens (including phenoxy) is 2. The normalized spacial score (nSPS) is 11.2. The first kappa shape index (κ1) is 26.4. The number of aromatic nitrogens is 6. The molecule has 0 amide bonds. The molecule has 0 aliphatic heterocycles. The minimum atomic E-state index is -0.437. The van der Waals surface area contributed by atoms with Crippen molar-refractivity contribution >= 4 is 29.0 Å². The van der Waals surface area contributed by atoms with E-state index >= 15 is 0 Å². The molecule has 0 fully saturated rings. The summed E-state index contributed by atoms with van der Waals surface area (Å²) in [5, 5.41) is 9.10. The van der Waals surface area contributed by atoms with Gasteiger partial charge in [-0.1, -0.05) is 23.2 Å². The molecule has 4 rings (SSSR count). The van der Waals surface area contributed by atoms with Gasteiger partial charge in [0.1, 0.15) is 38.6 Å². The number of hydrogen-bond donors (Lipinski definition) is 1. The maximum Gasteiger partial charge on any atom is 0.274 e. The first-order chi connectivity index (χ1) is 17.6. The molecule has 3 heterocycles. The molecule has 4 aromatic rings. The fourth-order valence-electron chi connectivity index (χ4n) is 3.59.